The molecule has 5 heteroatoms. The first-order valence-electron chi connectivity index (χ1n) is 9.07. The summed E-state index contributed by atoms with van der Waals surface area (Å²) in [6, 6.07) is 15.1. The van der Waals surface area contributed by atoms with E-state index in [1.807, 2.05) is 54.6 Å². The van der Waals surface area contributed by atoms with E-state index >= 15 is 0 Å². The lowest BCUT2D eigenvalue weighted by molar-refractivity contribution is 0.396. The van der Waals surface area contributed by atoms with Crippen molar-refractivity contribution in [3.8, 4) is 11.4 Å². The average Bonchev–Trinajstić information content (AvgIpc) is 2.65. The molecule has 1 heterocycles. The molecule has 5 nitrogen and oxygen atoms in total. The first kappa shape index (κ1) is 19.4. The summed E-state index contributed by atoms with van der Waals surface area (Å²) >= 11 is 0. The van der Waals surface area contributed by atoms with Gasteiger partial charge in [0.2, 0.25) is 0 Å². The summed E-state index contributed by atoms with van der Waals surface area (Å²) in [4.78, 5) is 26.0. The standard InChI is InChI=1S/C23H24N2O3/c1-23(2,3)19-15-18(25-13-12-20(26)24-22(25)27)14-17(21(19)28-4)11-10-16-8-6-5-7-9-16/h5-15H,1-4H3,(H,24,26,27). The molecule has 1 aromatic heterocycles. The minimum absolute atomic E-state index is 0.206. The molecule has 0 bridgehead atoms. The van der Waals surface area contributed by atoms with E-state index in [-0.39, 0.29) is 5.41 Å². The maximum atomic E-state index is 12.3. The summed E-state index contributed by atoms with van der Waals surface area (Å²) in [5, 5.41) is 0. The third kappa shape index (κ3) is 4.14. The Morgan fingerprint density at radius 1 is 1.00 bits per heavy atom. The summed E-state index contributed by atoms with van der Waals surface area (Å²) < 4.78 is 7.16. The molecule has 2 aromatic carbocycles. The van der Waals surface area contributed by atoms with Crippen molar-refractivity contribution in [2.75, 3.05) is 7.11 Å². The van der Waals surface area contributed by atoms with E-state index in [1.54, 1.807) is 7.11 Å². The van der Waals surface area contributed by atoms with Crippen LogP contribution in [0.25, 0.3) is 17.8 Å². The number of aromatic nitrogens is 2. The van der Waals surface area contributed by atoms with E-state index in [2.05, 4.69) is 25.8 Å². The largest absolute Gasteiger partial charge is 0.496 e. The molecule has 0 amide bonds. The number of H-pyrrole nitrogens is 1. The van der Waals surface area contributed by atoms with Gasteiger partial charge in [0, 0.05) is 23.4 Å². The van der Waals surface area contributed by atoms with Crippen LogP contribution in [0.3, 0.4) is 0 Å². The number of ether oxygens (including phenoxy) is 1. The van der Waals surface area contributed by atoms with E-state index in [1.165, 1.54) is 16.8 Å². The molecule has 0 atom stereocenters. The van der Waals surface area contributed by atoms with E-state index in [4.69, 9.17) is 4.74 Å². The van der Waals surface area contributed by atoms with Gasteiger partial charge in [-0.05, 0) is 23.1 Å². The molecule has 144 valence electrons. The number of benzene rings is 2. The van der Waals surface area contributed by atoms with Crippen molar-refractivity contribution in [1.82, 2.24) is 9.55 Å². The first-order chi connectivity index (χ1) is 13.3. The third-order valence-electron chi connectivity index (χ3n) is 4.47. The van der Waals surface area contributed by atoms with E-state index in [0.717, 1.165) is 22.4 Å². The Labute approximate surface area is 163 Å². The van der Waals surface area contributed by atoms with Gasteiger partial charge < -0.3 is 4.74 Å². The van der Waals surface area contributed by atoms with Crippen LogP contribution < -0.4 is 16.0 Å². The smallest absolute Gasteiger partial charge is 0.332 e. The molecule has 28 heavy (non-hydrogen) atoms. The molecule has 3 rings (SSSR count). The van der Waals surface area contributed by atoms with Crippen LogP contribution in [0, 0.1) is 0 Å². The van der Waals surface area contributed by atoms with Gasteiger partial charge in [0.05, 0.1) is 12.8 Å². The van der Waals surface area contributed by atoms with Gasteiger partial charge in [0.25, 0.3) is 5.56 Å². The molecule has 0 radical (unpaired) electrons. The number of methoxy groups -OCH3 is 1. The van der Waals surface area contributed by atoms with Crippen LogP contribution >= 0.6 is 0 Å². The molecular formula is C23H24N2O3. The molecule has 0 aliphatic rings. The van der Waals surface area contributed by atoms with Crippen LogP contribution in [-0.2, 0) is 5.41 Å². The van der Waals surface area contributed by atoms with Gasteiger partial charge >= 0.3 is 5.69 Å². The molecule has 0 unspecified atom stereocenters. The van der Waals surface area contributed by atoms with Crippen molar-refractivity contribution in [2.24, 2.45) is 0 Å². The Balaban J connectivity index is 2.23. The highest BCUT2D eigenvalue weighted by molar-refractivity contribution is 5.75. The van der Waals surface area contributed by atoms with Gasteiger partial charge in [-0.25, -0.2) is 4.79 Å². The summed E-state index contributed by atoms with van der Waals surface area (Å²) in [7, 11) is 1.65. The highest BCUT2D eigenvalue weighted by Crippen LogP contribution is 2.37. The van der Waals surface area contributed by atoms with Crippen LogP contribution in [-0.4, -0.2) is 16.7 Å². The second-order valence-corrected chi connectivity index (χ2v) is 7.59. The van der Waals surface area contributed by atoms with Crippen molar-refractivity contribution in [3.63, 3.8) is 0 Å². The SMILES string of the molecule is COc1c(C=Cc2ccccc2)cc(-n2ccc(=O)[nH]c2=O)cc1C(C)(C)C. The van der Waals surface area contributed by atoms with Crippen LogP contribution in [0.1, 0.15) is 37.5 Å². The summed E-state index contributed by atoms with van der Waals surface area (Å²) in [5.74, 6) is 0.765. The monoisotopic (exact) mass is 376 g/mol. The zero-order chi connectivity index (χ0) is 20.3. The fourth-order valence-corrected chi connectivity index (χ4v) is 3.05. The van der Waals surface area contributed by atoms with Crippen LogP contribution in [0.15, 0.2) is 64.3 Å². The normalized spacial score (nSPS) is 11.7. The first-order valence-corrected chi connectivity index (χ1v) is 9.07. The Morgan fingerprint density at radius 3 is 2.32 bits per heavy atom. The fraction of sp³-hybridized carbons (Fsp3) is 0.217. The molecule has 0 saturated heterocycles. The van der Waals surface area contributed by atoms with E-state index in [9.17, 15) is 9.59 Å². The molecular weight excluding hydrogens is 352 g/mol. The zero-order valence-electron chi connectivity index (χ0n) is 16.5. The lowest BCUT2D eigenvalue weighted by Gasteiger charge is -2.25. The van der Waals surface area contributed by atoms with Crippen molar-refractivity contribution in [1.29, 1.82) is 0 Å². The number of hydrogen-bond acceptors (Lipinski definition) is 3. The zero-order valence-corrected chi connectivity index (χ0v) is 16.5. The molecule has 0 saturated carbocycles. The van der Waals surface area contributed by atoms with E-state index in [0.29, 0.717) is 5.69 Å². The highest BCUT2D eigenvalue weighted by Gasteiger charge is 2.22. The van der Waals surface area contributed by atoms with Gasteiger partial charge in [-0.1, -0.05) is 63.3 Å². The second-order valence-electron chi connectivity index (χ2n) is 7.59. The average molecular weight is 376 g/mol. The summed E-state index contributed by atoms with van der Waals surface area (Å²) in [6.07, 6.45) is 5.47. The molecule has 1 N–H and O–H groups in total. The van der Waals surface area contributed by atoms with Crippen LogP contribution in [0.4, 0.5) is 0 Å². The van der Waals surface area contributed by atoms with Crippen LogP contribution in [0.5, 0.6) is 5.75 Å². The number of hydrogen-bond donors (Lipinski definition) is 1. The Morgan fingerprint density at radius 2 is 1.71 bits per heavy atom. The predicted octanol–water partition coefficient (Wildman–Crippen LogP) is 4.00. The molecule has 0 fully saturated rings. The summed E-state index contributed by atoms with van der Waals surface area (Å²) in [6.45, 7) is 6.28. The predicted molar refractivity (Wildman–Crippen MR) is 113 cm³/mol. The van der Waals surface area contributed by atoms with Gasteiger partial charge in [-0.15, -0.1) is 0 Å². The lowest BCUT2D eigenvalue weighted by Crippen LogP contribution is -2.28. The number of rotatable bonds is 4. The molecule has 0 aliphatic heterocycles. The maximum Gasteiger partial charge on any atom is 0.332 e. The minimum atomic E-state index is -0.476. The van der Waals surface area contributed by atoms with Crippen LogP contribution in [0.2, 0.25) is 0 Å². The number of aromatic amines is 1. The minimum Gasteiger partial charge on any atom is -0.496 e. The topological polar surface area (TPSA) is 64.1 Å². The van der Waals surface area contributed by atoms with Gasteiger partial charge in [-0.2, -0.15) is 0 Å². The lowest BCUT2D eigenvalue weighted by atomic mass is 9.84. The highest BCUT2D eigenvalue weighted by atomic mass is 16.5. The number of nitrogens with zero attached hydrogens (tertiary/aromatic N) is 1. The Hall–Kier alpha value is -3.34. The van der Waals surface area contributed by atoms with Crippen molar-refractivity contribution < 1.29 is 4.74 Å². The van der Waals surface area contributed by atoms with Crippen molar-refractivity contribution in [3.05, 3.63) is 92.3 Å². The van der Waals surface area contributed by atoms with Gasteiger partial charge in [-0.3, -0.25) is 14.3 Å². The van der Waals surface area contributed by atoms with Gasteiger partial charge in [0.1, 0.15) is 5.75 Å². The maximum absolute atomic E-state index is 12.3. The number of nitrogens with one attached hydrogen (secondary N) is 1. The summed E-state index contributed by atoms with van der Waals surface area (Å²) in [5.41, 5.74) is 2.45. The van der Waals surface area contributed by atoms with Crippen molar-refractivity contribution in [2.45, 2.75) is 26.2 Å². The second kappa shape index (κ2) is 7.72. The Kier molecular flexibility index (Phi) is 5.36. The van der Waals surface area contributed by atoms with Crippen molar-refractivity contribution >= 4 is 12.2 Å². The molecule has 0 aliphatic carbocycles. The quantitative estimate of drug-likeness (QED) is 0.700. The molecule has 0 spiro atoms. The van der Waals surface area contributed by atoms with Gasteiger partial charge in [0.15, 0.2) is 0 Å². The third-order valence-corrected chi connectivity index (χ3v) is 4.47. The Bertz CT molecular complexity index is 1120. The molecule has 3 aromatic rings. The fourth-order valence-electron chi connectivity index (χ4n) is 3.05. The van der Waals surface area contributed by atoms with E-state index < -0.39 is 11.2 Å².